The first-order chi connectivity index (χ1) is 37.2. The molecule has 10 aromatic carbocycles. The summed E-state index contributed by atoms with van der Waals surface area (Å²) in [5.41, 5.74) is 18.4. The number of anilines is 6. The van der Waals surface area contributed by atoms with Gasteiger partial charge in [0.25, 0.3) is 0 Å². The lowest BCUT2D eigenvalue weighted by Crippen LogP contribution is -2.13. The highest BCUT2D eigenvalue weighted by atomic mass is 16.3. The van der Waals surface area contributed by atoms with E-state index < -0.39 is 0 Å². The second-order valence-corrected chi connectivity index (χ2v) is 23.3. The van der Waals surface area contributed by atoms with Gasteiger partial charge in [-0.3, -0.25) is 0 Å². The summed E-state index contributed by atoms with van der Waals surface area (Å²) in [4.78, 5) is 5.02. The van der Waals surface area contributed by atoms with Gasteiger partial charge in [-0.05, 0) is 156 Å². The van der Waals surface area contributed by atoms with E-state index in [-0.39, 0.29) is 11.8 Å². The number of benzene rings is 10. The van der Waals surface area contributed by atoms with Gasteiger partial charge in [0, 0.05) is 43.7 Å². The van der Waals surface area contributed by atoms with Crippen LogP contribution in [0.25, 0.3) is 76.2 Å². The molecule has 2 aliphatic rings. The van der Waals surface area contributed by atoms with Crippen molar-refractivity contribution in [2.75, 3.05) is 9.80 Å². The molecule has 4 heteroatoms. The predicted molar refractivity (Wildman–Crippen MR) is 323 cm³/mol. The summed E-state index contributed by atoms with van der Waals surface area (Å²) in [6.45, 7) is 13.8. The first kappa shape index (κ1) is 46.9. The monoisotopic (exact) mass is 993 g/mol. The first-order valence-corrected chi connectivity index (χ1v) is 28.6. The molecule has 0 bridgehead atoms. The molecule has 0 amide bonds. The molecular formula is C72H68N2O2. The average molecular weight is 993 g/mol. The van der Waals surface area contributed by atoms with Gasteiger partial charge in [-0.1, -0.05) is 187 Å². The summed E-state index contributed by atoms with van der Waals surface area (Å²) >= 11 is 0. The van der Waals surface area contributed by atoms with Crippen LogP contribution in [0.15, 0.2) is 167 Å². The number of hydrogen-bond donors (Lipinski definition) is 0. The molecule has 2 saturated carbocycles. The summed E-state index contributed by atoms with van der Waals surface area (Å²) in [7, 11) is 0. The van der Waals surface area contributed by atoms with Crippen molar-refractivity contribution in [2.45, 2.75) is 129 Å². The standard InChI is InChI=1S/C72H68N2O2/c1-43(2)61-41-65(73(49-33-29-45(5)30-34-49)63-27-15-25-57-55-23-13-21-51(69(55)75-71(57)63)47-17-9-7-10-18-47)59-40-38-54-62(44(3)4)42-66(60-39-37-53(61)67(59)68(54)60)74(50-35-31-46(6)32-36-50)64-28-16-26-58-56-24-14-22-52(70(56)76-72(58)64)48-19-11-8-12-20-48/h13-16,21-44,47-48H,7-12,17-20H2,1-6H3. The Kier molecular flexibility index (Phi) is 11.5. The highest BCUT2D eigenvalue weighted by Gasteiger charge is 2.30. The number of fused-ring (bicyclic) bond motifs is 6. The number of para-hydroxylation sites is 4. The highest BCUT2D eigenvalue weighted by molar-refractivity contribution is 6.30. The van der Waals surface area contributed by atoms with Crippen molar-refractivity contribution in [2.24, 2.45) is 0 Å². The third kappa shape index (κ3) is 7.53. The van der Waals surface area contributed by atoms with E-state index in [1.165, 1.54) is 141 Å². The third-order valence-corrected chi connectivity index (χ3v) is 17.9. The molecule has 12 aromatic rings. The minimum absolute atomic E-state index is 0.250. The van der Waals surface area contributed by atoms with Gasteiger partial charge >= 0.3 is 0 Å². The molecule has 0 unspecified atom stereocenters. The smallest absolute Gasteiger partial charge is 0.159 e. The van der Waals surface area contributed by atoms with Gasteiger partial charge in [-0.15, -0.1) is 0 Å². The Morgan fingerprint density at radius 2 is 0.711 bits per heavy atom. The summed E-state index contributed by atoms with van der Waals surface area (Å²) in [6.07, 6.45) is 12.7. The van der Waals surface area contributed by atoms with Crippen molar-refractivity contribution in [3.8, 4) is 0 Å². The number of aryl methyl sites for hydroxylation is 2. The molecule has 2 heterocycles. The highest BCUT2D eigenvalue weighted by Crippen LogP contribution is 2.54. The first-order valence-electron chi connectivity index (χ1n) is 28.6. The lowest BCUT2D eigenvalue weighted by atomic mass is 9.83. The molecule has 0 aliphatic heterocycles. The molecule has 0 radical (unpaired) electrons. The maximum Gasteiger partial charge on any atom is 0.159 e. The molecule has 14 rings (SSSR count). The Morgan fingerprint density at radius 3 is 1.09 bits per heavy atom. The van der Waals surface area contributed by atoms with Crippen LogP contribution >= 0.6 is 0 Å². The summed E-state index contributed by atoms with van der Waals surface area (Å²) in [6, 6.07) is 60.2. The Bertz CT molecular complexity index is 3890. The normalized spacial score (nSPS) is 15.1. The maximum atomic E-state index is 7.33. The van der Waals surface area contributed by atoms with E-state index >= 15 is 0 Å². The van der Waals surface area contributed by atoms with Crippen molar-refractivity contribution >= 4 is 110 Å². The zero-order valence-corrected chi connectivity index (χ0v) is 45.1. The van der Waals surface area contributed by atoms with Crippen LogP contribution in [0.2, 0.25) is 0 Å². The summed E-state index contributed by atoms with van der Waals surface area (Å²) < 4.78 is 14.7. The van der Waals surface area contributed by atoms with E-state index in [1.54, 1.807) is 0 Å². The van der Waals surface area contributed by atoms with Crippen molar-refractivity contribution in [3.05, 3.63) is 191 Å². The van der Waals surface area contributed by atoms with E-state index in [0.717, 1.165) is 67.2 Å². The Labute approximate surface area is 447 Å². The minimum Gasteiger partial charge on any atom is -0.454 e. The SMILES string of the molecule is Cc1ccc(N(c2cc(C(C)C)c3ccc4c(N(c5ccc(C)cc5)c5cccc6c5oc5c(C7CCCCC7)cccc56)cc(C(C)C)c5ccc2c3c54)c2cccc3c2oc2c(C4CCCCC4)cccc23)cc1. The van der Waals surface area contributed by atoms with Crippen LogP contribution in [-0.2, 0) is 0 Å². The molecule has 0 spiro atoms. The number of furan rings is 2. The largest absolute Gasteiger partial charge is 0.454 e. The van der Waals surface area contributed by atoms with Crippen molar-refractivity contribution in [1.29, 1.82) is 0 Å². The van der Waals surface area contributed by atoms with Crippen LogP contribution in [-0.4, -0.2) is 0 Å². The van der Waals surface area contributed by atoms with Gasteiger partial charge in [0.2, 0.25) is 0 Å². The van der Waals surface area contributed by atoms with E-state index in [4.69, 9.17) is 8.83 Å². The summed E-state index contributed by atoms with van der Waals surface area (Å²) in [5, 5.41) is 12.4. The molecule has 2 fully saturated rings. The molecule has 378 valence electrons. The molecule has 0 N–H and O–H groups in total. The van der Waals surface area contributed by atoms with E-state index in [0.29, 0.717) is 11.8 Å². The third-order valence-electron chi connectivity index (χ3n) is 17.9. The zero-order valence-electron chi connectivity index (χ0n) is 45.1. The molecule has 2 aromatic heterocycles. The summed E-state index contributed by atoms with van der Waals surface area (Å²) in [5.74, 6) is 1.55. The molecule has 4 nitrogen and oxygen atoms in total. The molecule has 76 heavy (non-hydrogen) atoms. The fraction of sp³-hybridized carbons (Fsp3) is 0.278. The van der Waals surface area contributed by atoms with Gasteiger partial charge in [-0.2, -0.15) is 0 Å². The van der Waals surface area contributed by atoms with Gasteiger partial charge in [0.05, 0.1) is 22.7 Å². The van der Waals surface area contributed by atoms with Crippen molar-refractivity contribution < 1.29 is 8.83 Å². The second-order valence-electron chi connectivity index (χ2n) is 23.3. The van der Waals surface area contributed by atoms with Crippen LogP contribution in [0.5, 0.6) is 0 Å². The minimum atomic E-state index is 0.250. The van der Waals surface area contributed by atoms with Crippen LogP contribution in [0.3, 0.4) is 0 Å². The quantitative estimate of drug-likeness (QED) is 0.128. The fourth-order valence-corrected chi connectivity index (χ4v) is 14.0. The lowest BCUT2D eigenvalue weighted by molar-refractivity contribution is 0.442. The molecule has 2 aliphatic carbocycles. The van der Waals surface area contributed by atoms with Gasteiger partial charge < -0.3 is 18.6 Å². The number of rotatable bonds is 10. The lowest BCUT2D eigenvalue weighted by Gasteiger charge is -2.31. The average Bonchev–Trinajstić information content (AvgIpc) is 4.04. The van der Waals surface area contributed by atoms with Gasteiger partial charge in [0.1, 0.15) is 11.2 Å². The van der Waals surface area contributed by atoms with E-state index in [1.807, 2.05) is 0 Å². The Morgan fingerprint density at radius 1 is 0.355 bits per heavy atom. The second kappa shape index (κ2) is 18.6. The molecular weight excluding hydrogens is 925 g/mol. The van der Waals surface area contributed by atoms with E-state index in [2.05, 4.69) is 209 Å². The Balaban J connectivity index is 1.05. The topological polar surface area (TPSA) is 32.8 Å². The van der Waals surface area contributed by atoms with Crippen molar-refractivity contribution in [3.63, 3.8) is 0 Å². The van der Waals surface area contributed by atoms with Crippen molar-refractivity contribution in [1.82, 2.24) is 0 Å². The fourth-order valence-electron chi connectivity index (χ4n) is 14.0. The number of nitrogens with zero attached hydrogens (tertiary/aromatic N) is 2. The number of hydrogen-bond acceptors (Lipinski definition) is 4. The van der Waals surface area contributed by atoms with Gasteiger partial charge in [0.15, 0.2) is 11.2 Å². The predicted octanol–water partition coefficient (Wildman–Crippen LogP) is 22.3. The van der Waals surface area contributed by atoms with Crippen LogP contribution in [0.4, 0.5) is 34.1 Å². The van der Waals surface area contributed by atoms with Gasteiger partial charge in [-0.25, -0.2) is 0 Å². The zero-order chi connectivity index (χ0) is 51.3. The van der Waals surface area contributed by atoms with Crippen LogP contribution < -0.4 is 9.80 Å². The molecule has 0 saturated heterocycles. The molecule has 0 atom stereocenters. The van der Waals surface area contributed by atoms with E-state index in [9.17, 15) is 0 Å². The van der Waals surface area contributed by atoms with Crippen LogP contribution in [0.1, 0.15) is 149 Å². The Hall–Kier alpha value is -7.56. The van der Waals surface area contributed by atoms with Crippen LogP contribution in [0, 0.1) is 13.8 Å². The maximum absolute atomic E-state index is 7.33.